The fourth-order valence-electron chi connectivity index (χ4n) is 3.47. The van der Waals surface area contributed by atoms with Crippen molar-refractivity contribution < 1.29 is 4.74 Å². The molecule has 0 heterocycles. The molecule has 0 spiro atoms. The zero-order chi connectivity index (χ0) is 15.1. The lowest BCUT2D eigenvalue weighted by atomic mass is 9.99. The van der Waals surface area contributed by atoms with Crippen LogP contribution in [0.4, 0.5) is 0 Å². The van der Waals surface area contributed by atoms with Crippen molar-refractivity contribution in [2.45, 2.75) is 57.5 Å². The van der Waals surface area contributed by atoms with Gasteiger partial charge >= 0.3 is 0 Å². The second kappa shape index (κ2) is 8.40. The molecule has 1 unspecified atom stereocenters. The highest BCUT2D eigenvalue weighted by atomic mass is 16.5. The lowest BCUT2D eigenvalue weighted by Crippen LogP contribution is -2.38. The summed E-state index contributed by atoms with van der Waals surface area (Å²) in [7, 11) is 2.23. The molecule has 0 aliphatic heterocycles. The van der Waals surface area contributed by atoms with Gasteiger partial charge in [-0.1, -0.05) is 43.9 Å². The summed E-state index contributed by atoms with van der Waals surface area (Å²) in [6.07, 6.45) is 8.05. The van der Waals surface area contributed by atoms with Gasteiger partial charge in [-0.3, -0.25) is 4.90 Å². The number of rotatable bonds is 6. The van der Waals surface area contributed by atoms with Gasteiger partial charge in [0.1, 0.15) is 5.75 Å². The van der Waals surface area contributed by atoms with Crippen molar-refractivity contribution in [1.29, 1.82) is 0 Å². The van der Waals surface area contributed by atoms with Crippen LogP contribution in [0.15, 0.2) is 24.3 Å². The van der Waals surface area contributed by atoms with Gasteiger partial charge in [0.2, 0.25) is 0 Å². The molecule has 0 aromatic heterocycles. The van der Waals surface area contributed by atoms with Crippen LogP contribution in [0, 0.1) is 0 Å². The minimum absolute atomic E-state index is 0.246. The Hall–Kier alpha value is -1.06. The van der Waals surface area contributed by atoms with E-state index in [0.717, 1.165) is 5.75 Å². The maximum Gasteiger partial charge on any atom is 0.124 e. The minimum Gasteiger partial charge on any atom is -0.494 e. The van der Waals surface area contributed by atoms with Gasteiger partial charge in [-0.2, -0.15) is 0 Å². The second-order valence-corrected chi connectivity index (χ2v) is 6.03. The number of para-hydroxylation sites is 1. The van der Waals surface area contributed by atoms with Crippen molar-refractivity contribution in [3.63, 3.8) is 0 Å². The quantitative estimate of drug-likeness (QED) is 0.811. The summed E-state index contributed by atoms with van der Waals surface area (Å²) in [5, 5.41) is 0. The van der Waals surface area contributed by atoms with Crippen LogP contribution in [0.5, 0.6) is 5.75 Å². The van der Waals surface area contributed by atoms with Crippen molar-refractivity contribution >= 4 is 0 Å². The van der Waals surface area contributed by atoms with Crippen LogP contribution >= 0.6 is 0 Å². The molecule has 1 atom stereocenters. The Bertz CT molecular complexity index is 413. The highest BCUT2D eigenvalue weighted by Gasteiger charge is 2.25. The molecular formula is C18H30N2O. The first-order chi connectivity index (χ1) is 10.3. The molecule has 0 bridgehead atoms. The van der Waals surface area contributed by atoms with Crippen molar-refractivity contribution in [2.75, 3.05) is 20.2 Å². The van der Waals surface area contributed by atoms with E-state index in [0.29, 0.717) is 19.2 Å². The molecule has 1 saturated carbocycles. The standard InChI is InChI=1S/C18H30N2O/c1-3-21-18-13-9-8-12-16(18)17(14-19)20(2)15-10-6-4-5-7-11-15/h8-9,12-13,15,17H,3-7,10-11,14,19H2,1-2H3. The zero-order valence-electron chi connectivity index (χ0n) is 13.6. The van der Waals surface area contributed by atoms with E-state index in [1.165, 1.54) is 44.1 Å². The van der Waals surface area contributed by atoms with Gasteiger partial charge < -0.3 is 10.5 Å². The Kier molecular flexibility index (Phi) is 6.52. The summed E-state index contributed by atoms with van der Waals surface area (Å²) < 4.78 is 5.80. The lowest BCUT2D eigenvalue weighted by Gasteiger charge is -2.35. The average Bonchev–Trinajstić information content (AvgIpc) is 2.79. The number of benzene rings is 1. The van der Waals surface area contributed by atoms with E-state index in [4.69, 9.17) is 10.5 Å². The summed E-state index contributed by atoms with van der Waals surface area (Å²) in [5.41, 5.74) is 7.35. The van der Waals surface area contributed by atoms with Crippen LogP contribution in [-0.2, 0) is 0 Å². The fourth-order valence-corrected chi connectivity index (χ4v) is 3.47. The van der Waals surface area contributed by atoms with Crippen molar-refractivity contribution in [3.05, 3.63) is 29.8 Å². The molecule has 3 nitrogen and oxygen atoms in total. The van der Waals surface area contributed by atoms with Crippen LogP contribution in [0.3, 0.4) is 0 Å². The van der Waals surface area contributed by atoms with E-state index in [2.05, 4.69) is 30.1 Å². The number of nitrogens with zero attached hydrogens (tertiary/aromatic N) is 1. The summed E-state index contributed by atoms with van der Waals surface area (Å²) in [6.45, 7) is 3.36. The predicted molar refractivity (Wildman–Crippen MR) is 88.7 cm³/mol. The summed E-state index contributed by atoms with van der Waals surface area (Å²) in [5.74, 6) is 0.982. The number of hydrogen-bond donors (Lipinski definition) is 1. The number of hydrogen-bond acceptors (Lipinski definition) is 3. The Morgan fingerprint density at radius 1 is 1.19 bits per heavy atom. The van der Waals surface area contributed by atoms with Crippen LogP contribution < -0.4 is 10.5 Å². The SMILES string of the molecule is CCOc1ccccc1C(CN)N(C)C1CCCCCC1. The smallest absolute Gasteiger partial charge is 0.124 e. The van der Waals surface area contributed by atoms with Crippen LogP contribution in [-0.4, -0.2) is 31.1 Å². The van der Waals surface area contributed by atoms with Crippen molar-refractivity contribution in [2.24, 2.45) is 5.73 Å². The van der Waals surface area contributed by atoms with Crippen LogP contribution in [0.2, 0.25) is 0 Å². The molecular weight excluding hydrogens is 260 g/mol. The lowest BCUT2D eigenvalue weighted by molar-refractivity contribution is 0.158. The van der Waals surface area contributed by atoms with E-state index >= 15 is 0 Å². The molecule has 1 aromatic rings. The first kappa shape index (κ1) is 16.3. The summed E-state index contributed by atoms with van der Waals surface area (Å²) >= 11 is 0. The topological polar surface area (TPSA) is 38.5 Å². The summed E-state index contributed by atoms with van der Waals surface area (Å²) in [4.78, 5) is 2.49. The average molecular weight is 290 g/mol. The molecule has 118 valence electrons. The van der Waals surface area contributed by atoms with Gasteiger partial charge in [-0.25, -0.2) is 0 Å². The van der Waals surface area contributed by atoms with Gasteiger partial charge in [0.15, 0.2) is 0 Å². The van der Waals surface area contributed by atoms with Crippen LogP contribution in [0.25, 0.3) is 0 Å². The molecule has 1 fully saturated rings. The number of ether oxygens (including phenoxy) is 1. The monoisotopic (exact) mass is 290 g/mol. The third-order valence-electron chi connectivity index (χ3n) is 4.69. The van der Waals surface area contributed by atoms with Gasteiger partial charge in [0, 0.05) is 18.2 Å². The predicted octanol–water partition coefficient (Wildman–Crippen LogP) is 3.74. The minimum atomic E-state index is 0.246. The largest absolute Gasteiger partial charge is 0.494 e. The third kappa shape index (κ3) is 4.21. The van der Waals surface area contributed by atoms with Crippen molar-refractivity contribution in [3.8, 4) is 5.75 Å². The molecule has 0 amide bonds. The normalized spacial score (nSPS) is 18.5. The Morgan fingerprint density at radius 3 is 2.48 bits per heavy atom. The van der Waals surface area contributed by atoms with Gasteiger partial charge in [-0.05, 0) is 32.9 Å². The first-order valence-electron chi connectivity index (χ1n) is 8.41. The highest BCUT2D eigenvalue weighted by Crippen LogP contribution is 2.32. The summed E-state index contributed by atoms with van der Waals surface area (Å²) in [6, 6.07) is 9.24. The first-order valence-corrected chi connectivity index (χ1v) is 8.41. The van der Waals surface area contributed by atoms with Gasteiger partial charge in [0.05, 0.1) is 12.6 Å². The highest BCUT2D eigenvalue weighted by molar-refractivity contribution is 5.36. The molecule has 0 radical (unpaired) electrons. The fraction of sp³-hybridized carbons (Fsp3) is 0.667. The maximum absolute atomic E-state index is 6.12. The van der Waals surface area contributed by atoms with E-state index in [1.807, 2.05) is 13.0 Å². The zero-order valence-corrected chi connectivity index (χ0v) is 13.6. The number of nitrogens with two attached hydrogens (primary N) is 1. The maximum atomic E-state index is 6.12. The molecule has 21 heavy (non-hydrogen) atoms. The Labute approximate surface area is 129 Å². The van der Waals surface area contributed by atoms with E-state index in [-0.39, 0.29) is 6.04 Å². The third-order valence-corrected chi connectivity index (χ3v) is 4.69. The molecule has 0 saturated heterocycles. The Morgan fingerprint density at radius 2 is 1.86 bits per heavy atom. The molecule has 1 aliphatic carbocycles. The van der Waals surface area contributed by atoms with Gasteiger partial charge in [-0.15, -0.1) is 0 Å². The van der Waals surface area contributed by atoms with E-state index < -0.39 is 0 Å². The van der Waals surface area contributed by atoms with Crippen LogP contribution in [0.1, 0.15) is 57.1 Å². The van der Waals surface area contributed by atoms with E-state index in [1.54, 1.807) is 0 Å². The van der Waals surface area contributed by atoms with Crippen molar-refractivity contribution in [1.82, 2.24) is 4.90 Å². The second-order valence-electron chi connectivity index (χ2n) is 6.03. The molecule has 1 aliphatic rings. The molecule has 3 heteroatoms. The molecule has 1 aromatic carbocycles. The van der Waals surface area contributed by atoms with Gasteiger partial charge in [0.25, 0.3) is 0 Å². The number of likely N-dealkylation sites (N-methyl/N-ethyl adjacent to an activating group) is 1. The van der Waals surface area contributed by atoms with E-state index in [9.17, 15) is 0 Å². The molecule has 2 rings (SSSR count). The molecule has 2 N–H and O–H groups in total. The Balaban J connectivity index is 2.17.